The molecular formula is C17H21NO2. The highest BCUT2D eigenvalue weighted by Crippen LogP contribution is 2.15. The lowest BCUT2D eigenvalue weighted by atomic mass is 10.0. The summed E-state index contributed by atoms with van der Waals surface area (Å²) in [5.41, 5.74) is 0.683. The smallest absolute Gasteiger partial charge is 0.251 e. The minimum atomic E-state index is -0.0489. The van der Waals surface area contributed by atoms with Gasteiger partial charge >= 0.3 is 0 Å². The summed E-state index contributed by atoms with van der Waals surface area (Å²) in [5, 5.41) is 14.1. The lowest BCUT2D eigenvalue weighted by Crippen LogP contribution is -2.29. The van der Waals surface area contributed by atoms with Gasteiger partial charge in [0.25, 0.3) is 5.91 Å². The van der Waals surface area contributed by atoms with Gasteiger partial charge in [0, 0.05) is 18.7 Å². The Morgan fingerprint density at radius 1 is 1.20 bits per heavy atom. The number of aliphatic hydroxyl groups is 1. The first-order valence-corrected chi connectivity index (χ1v) is 7.12. The molecule has 2 aromatic rings. The largest absolute Gasteiger partial charge is 0.396 e. The van der Waals surface area contributed by atoms with Crippen molar-refractivity contribution in [1.82, 2.24) is 5.32 Å². The van der Waals surface area contributed by atoms with Gasteiger partial charge in [-0.15, -0.1) is 0 Å². The molecule has 0 heterocycles. The number of carbonyl (C=O) groups is 1. The zero-order chi connectivity index (χ0) is 14.4. The molecule has 1 atom stereocenters. The summed E-state index contributed by atoms with van der Waals surface area (Å²) in [4.78, 5) is 12.1. The van der Waals surface area contributed by atoms with E-state index in [9.17, 15) is 4.79 Å². The first-order valence-electron chi connectivity index (χ1n) is 7.12. The van der Waals surface area contributed by atoms with Crippen LogP contribution in [0.3, 0.4) is 0 Å². The molecule has 1 amide bonds. The van der Waals surface area contributed by atoms with Gasteiger partial charge in [-0.3, -0.25) is 4.79 Å². The third-order valence-corrected chi connectivity index (χ3v) is 3.68. The van der Waals surface area contributed by atoms with Crippen LogP contribution in [0.4, 0.5) is 0 Å². The quantitative estimate of drug-likeness (QED) is 0.848. The van der Waals surface area contributed by atoms with E-state index < -0.39 is 0 Å². The summed E-state index contributed by atoms with van der Waals surface area (Å²) in [7, 11) is 0. The van der Waals surface area contributed by atoms with Gasteiger partial charge < -0.3 is 10.4 Å². The third kappa shape index (κ3) is 3.58. The van der Waals surface area contributed by atoms with E-state index in [2.05, 4.69) is 12.2 Å². The molecule has 3 heteroatoms. The number of hydrogen-bond acceptors (Lipinski definition) is 2. The third-order valence-electron chi connectivity index (χ3n) is 3.68. The van der Waals surface area contributed by atoms with Gasteiger partial charge in [-0.1, -0.05) is 43.7 Å². The fraction of sp³-hybridized carbons (Fsp3) is 0.353. The van der Waals surface area contributed by atoms with Crippen molar-refractivity contribution < 1.29 is 9.90 Å². The van der Waals surface area contributed by atoms with E-state index in [4.69, 9.17) is 5.11 Å². The number of amides is 1. The SMILES string of the molecule is CCC(CCO)CNC(=O)c1ccc2ccccc2c1. The van der Waals surface area contributed by atoms with Crippen molar-refractivity contribution in [2.24, 2.45) is 5.92 Å². The van der Waals surface area contributed by atoms with Crippen LogP contribution in [0.15, 0.2) is 42.5 Å². The van der Waals surface area contributed by atoms with E-state index in [-0.39, 0.29) is 12.5 Å². The number of aliphatic hydroxyl groups excluding tert-OH is 1. The van der Waals surface area contributed by atoms with Gasteiger partial charge in [-0.2, -0.15) is 0 Å². The first-order chi connectivity index (χ1) is 9.74. The van der Waals surface area contributed by atoms with E-state index in [0.29, 0.717) is 18.0 Å². The molecule has 0 spiro atoms. The molecule has 0 aliphatic rings. The molecule has 0 bridgehead atoms. The first kappa shape index (κ1) is 14.5. The van der Waals surface area contributed by atoms with Crippen molar-refractivity contribution in [3.8, 4) is 0 Å². The predicted molar refractivity (Wildman–Crippen MR) is 81.8 cm³/mol. The maximum atomic E-state index is 12.1. The molecule has 0 aliphatic heterocycles. The second kappa shape index (κ2) is 7.06. The van der Waals surface area contributed by atoms with Crippen LogP contribution in [0, 0.1) is 5.92 Å². The predicted octanol–water partition coefficient (Wildman–Crippen LogP) is 2.98. The molecule has 20 heavy (non-hydrogen) atoms. The molecule has 0 radical (unpaired) electrons. The fourth-order valence-corrected chi connectivity index (χ4v) is 2.30. The molecule has 0 aliphatic carbocycles. The van der Waals surface area contributed by atoms with E-state index in [1.807, 2.05) is 42.5 Å². The second-order valence-electron chi connectivity index (χ2n) is 5.06. The second-order valence-corrected chi connectivity index (χ2v) is 5.06. The average Bonchev–Trinajstić information content (AvgIpc) is 2.50. The van der Waals surface area contributed by atoms with Crippen LogP contribution in [-0.4, -0.2) is 24.2 Å². The molecule has 2 aromatic carbocycles. The number of benzene rings is 2. The van der Waals surface area contributed by atoms with E-state index in [0.717, 1.165) is 23.6 Å². The Bertz CT molecular complexity index is 580. The van der Waals surface area contributed by atoms with E-state index >= 15 is 0 Å². The standard InChI is InChI=1S/C17H21NO2/c1-2-13(9-10-19)12-18-17(20)16-8-7-14-5-3-4-6-15(14)11-16/h3-8,11,13,19H,2,9-10,12H2,1H3,(H,18,20). The summed E-state index contributed by atoms with van der Waals surface area (Å²) < 4.78 is 0. The van der Waals surface area contributed by atoms with Crippen LogP contribution in [0.1, 0.15) is 30.1 Å². The average molecular weight is 271 g/mol. The summed E-state index contributed by atoms with van der Waals surface area (Å²) in [6, 6.07) is 13.7. The molecule has 2 N–H and O–H groups in total. The van der Waals surface area contributed by atoms with Gasteiger partial charge in [0.05, 0.1) is 0 Å². The lowest BCUT2D eigenvalue weighted by molar-refractivity contribution is 0.0943. The van der Waals surface area contributed by atoms with Crippen molar-refractivity contribution in [3.63, 3.8) is 0 Å². The number of hydrogen-bond donors (Lipinski definition) is 2. The van der Waals surface area contributed by atoms with Crippen molar-refractivity contribution in [1.29, 1.82) is 0 Å². The zero-order valence-electron chi connectivity index (χ0n) is 11.8. The van der Waals surface area contributed by atoms with Gasteiger partial charge in [0.2, 0.25) is 0 Å². The Morgan fingerprint density at radius 3 is 2.65 bits per heavy atom. The zero-order valence-corrected chi connectivity index (χ0v) is 11.8. The van der Waals surface area contributed by atoms with Crippen molar-refractivity contribution in [2.45, 2.75) is 19.8 Å². The van der Waals surface area contributed by atoms with Crippen molar-refractivity contribution >= 4 is 16.7 Å². The van der Waals surface area contributed by atoms with E-state index in [1.165, 1.54) is 0 Å². The molecule has 3 nitrogen and oxygen atoms in total. The van der Waals surface area contributed by atoms with Crippen LogP contribution < -0.4 is 5.32 Å². The Kier molecular flexibility index (Phi) is 5.13. The minimum absolute atomic E-state index is 0.0489. The molecule has 0 saturated heterocycles. The fourth-order valence-electron chi connectivity index (χ4n) is 2.30. The normalized spacial score (nSPS) is 12.3. The van der Waals surface area contributed by atoms with Crippen molar-refractivity contribution in [3.05, 3.63) is 48.0 Å². The Hall–Kier alpha value is -1.87. The molecular weight excluding hydrogens is 250 g/mol. The summed E-state index contributed by atoms with van der Waals surface area (Å²) in [6.45, 7) is 2.86. The molecule has 106 valence electrons. The minimum Gasteiger partial charge on any atom is -0.396 e. The molecule has 0 fully saturated rings. The van der Waals surface area contributed by atoms with Gasteiger partial charge in [0.15, 0.2) is 0 Å². The Labute approximate surface area is 119 Å². The van der Waals surface area contributed by atoms with Crippen LogP contribution in [0.2, 0.25) is 0 Å². The van der Waals surface area contributed by atoms with Crippen LogP contribution >= 0.6 is 0 Å². The number of rotatable bonds is 6. The molecule has 0 saturated carbocycles. The van der Waals surface area contributed by atoms with E-state index in [1.54, 1.807) is 0 Å². The summed E-state index contributed by atoms with van der Waals surface area (Å²) >= 11 is 0. The maximum absolute atomic E-state index is 12.1. The summed E-state index contributed by atoms with van der Waals surface area (Å²) in [5.74, 6) is 0.288. The highest BCUT2D eigenvalue weighted by Gasteiger charge is 2.10. The summed E-state index contributed by atoms with van der Waals surface area (Å²) in [6.07, 6.45) is 1.69. The molecule has 1 unspecified atom stereocenters. The topological polar surface area (TPSA) is 49.3 Å². The van der Waals surface area contributed by atoms with Gasteiger partial charge in [-0.25, -0.2) is 0 Å². The van der Waals surface area contributed by atoms with Crippen LogP contribution in [0.25, 0.3) is 10.8 Å². The molecule has 2 rings (SSSR count). The van der Waals surface area contributed by atoms with Gasteiger partial charge in [-0.05, 0) is 35.2 Å². The lowest BCUT2D eigenvalue weighted by Gasteiger charge is -2.14. The Balaban J connectivity index is 2.03. The highest BCUT2D eigenvalue weighted by molar-refractivity contribution is 5.98. The van der Waals surface area contributed by atoms with Crippen LogP contribution in [-0.2, 0) is 0 Å². The molecule has 0 aromatic heterocycles. The number of fused-ring (bicyclic) bond motifs is 1. The number of carbonyl (C=O) groups excluding carboxylic acids is 1. The maximum Gasteiger partial charge on any atom is 0.251 e. The monoisotopic (exact) mass is 271 g/mol. The van der Waals surface area contributed by atoms with Gasteiger partial charge in [0.1, 0.15) is 0 Å². The Morgan fingerprint density at radius 2 is 1.95 bits per heavy atom. The number of nitrogens with one attached hydrogen (secondary N) is 1. The van der Waals surface area contributed by atoms with Crippen molar-refractivity contribution in [2.75, 3.05) is 13.2 Å². The highest BCUT2D eigenvalue weighted by atomic mass is 16.3. The van der Waals surface area contributed by atoms with Crippen LogP contribution in [0.5, 0.6) is 0 Å².